The lowest BCUT2D eigenvalue weighted by atomic mass is 9.68. The quantitative estimate of drug-likeness (QED) is 0.0811. The molecule has 0 aliphatic carbocycles. The smallest absolute Gasteiger partial charge is 0.309 e. The third kappa shape index (κ3) is 12.7. The highest BCUT2D eigenvalue weighted by atomic mass is 16.7. The van der Waals surface area contributed by atoms with E-state index in [1.165, 1.54) is 43.0 Å². The Hall–Kier alpha value is -3.29. The van der Waals surface area contributed by atoms with E-state index in [-0.39, 0.29) is 37.5 Å². The summed E-state index contributed by atoms with van der Waals surface area (Å²) in [6.45, 7) is 16.3. The van der Waals surface area contributed by atoms with E-state index in [9.17, 15) is 50.7 Å². The van der Waals surface area contributed by atoms with Crippen LogP contribution in [-0.4, -0.2) is 197 Å². The van der Waals surface area contributed by atoms with Gasteiger partial charge in [-0.1, -0.05) is 32.9 Å². The van der Waals surface area contributed by atoms with Crippen LogP contribution in [0.1, 0.15) is 111 Å². The van der Waals surface area contributed by atoms with Crippen molar-refractivity contribution in [3.8, 4) is 0 Å². The number of hydrogen-bond acceptors (Lipinski definition) is 19. The van der Waals surface area contributed by atoms with Crippen LogP contribution < -0.4 is 0 Å². The topological polar surface area (TPSA) is 285 Å². The molecule has 3 fully saturated rings. The van der Waals surface area contributed by atoms with E-state index >= 15 is 0 Å². The van der Waals surface area contributed by atoms with E-state index in [2.05, 4.69) is 10.3 Å². The molecule has 7 N–H and O–H groups in total. The van der Waals surface area contributed by atoms with Crippen LogP contribution in [-0.2, 0) is 34.9 Å². The van der Waals surface area contributed by atoms with Gasteiger partial charge in [0.05, 0.1) is 59.3 Å². The molecule has 4 heterocycles. The van der Waals surface area contributed by atoms with Crippen molar-refractivity contribution in [3.63, 3.8) is 0 Å². The minimum Gasteiger partial charge on any atom is -0.459 e. The number of non-ortho nitro benzene ring substituents is 1. The number of carbonyl (C=O) groups excluding carboxylic acids is 1. The maximum atomic E-state index is 14.6. The molecule has 0 bridgehead atoms. The van der Waals surface area contributed by atoms with Crippen LogP contribution >= 0.6 is 0 Å². The number of methoxy groups -OCH3 is 1. The number of carbonyl (C=O) groups is 1. The van der Waals surface area contributed by atoms with Crippen LogP contribution in [0.25, 0.3) is 0 Å². The first kappa shape index (κ1) is 57.6. The Balaban J connectivity index is 1.43. The maximum Gasteiger partial charge on any atom is 0.309 e. The van der Waals surface area contributed by atoms with Crippen molar-refractivity contribution in [1.82, 2.24) is 24.8 Å². The maximum absolute atomic E-state index is 14.6. The Bertz CT molecular complexity index is 1990. The summed E-state index contributed by atoms with van der Waals surface area (Å²) < 4.78 is 33.1. The number of nitro groups is 1. The standard InChI is InChI=1S/C49H82N6O15/c1-13-38-49(9,63)42(59)30(5)53(11)24-27(2)22-47(7,62)44(28(3)39(29(4)45(61)69-38)37-23-48(8,66-12)43(60)31(6)68-37)70-46-41(58)35(19-21-67-46)52(10)20-18-33-25-54(51-50-33)36(26-56)40(57)32-14-16-34(17-15-32)55(64)65/h14-17,25,27-31,35-44,46,56-60,62-63H,13,18-24,26H2,1-12H3/t27-,28+,29-,30-,31+,35+,36-,37?,38-,39+,40-,41-,42-,43+,44-,46+,47-,48-,49-/m1/s1. The highest BCUT2D eigenvalue weighted by Gasteiger charge is 2.55. The third-order valence-corrected chi connectivity index (χ3v) is 15.8. The number of likely N-dealkylation sites (N-methyl/N-ethyl adjacent to an activating group) is 2. The molecule has 19 atom stereocenters. The largest absolute Gasteiger partial charge is 0.459 e. The zero-order valence-corrected chi connectivity index (χ0v) is 43.1. The van der Waals surface area contributed by atoms with Gasteiger partial charge in [0, 0.05) is 69.4 Å². The average molecular weight is 995 g/mol. The number of aliphatic hydroxyl groups excluding tert-OH is 5. The van der Waals surface area contributed by atoms with Gasteiger partial charge in [-0.05, 0) is 97.5 Å². The molecule has 21 nitrogen and oxygen atoms in total. The summed E-state index contributed by atoms with van der Waals surface area (Å²) >= 11 is 0. The molecular weight excluding hydrogens is 913 g/mol. The molecule has 2 aromatic rings. The number of nitrogens with zero attached hydrogens (tertiary/aromatic N) is 6. The third-order valence-electron chi connectivity index (χ3n) is 15.8. The number of aromatic nitrogens is 3. The normalized spacial score (nSPS) is 39.7. The monoisotopic (exact) mass is 995 g/mol. The average Bonchev–Trinajstić information content (AvgIpc) is 3.78. The molecule has 70 heavy (non-hydrogen) atoms. The summed E-state index contributed by atoms with van der Waals surface area (Å²) in [6, 6.07) is 3.40. The molecule has 1 aromatic heterocycles. The van der Waals surface area contributed by atoms with E-state index in [1.807, 2.05) is 37.7 Å². The summed E-state index contributed by atoms with van der Waals surface area (Å²) in [5.74, 6) is -3.31. The van der Waals surface area contributed by atoms with Gasteiger partial charge in [0.2, 0.25) is 0 Å². The zero-order chi connectivity index (χ0) is 52.2. The van der Waals surface area contributed by atoms with Gasteiger partial charge >= 0.3 is 5.97 Å². The minimum atomic E-state index is -1.84. The number of nitro benzene ring substituents is 1. The fourth-order valence-electron chi connectivity index (χ4n) is 11.4. The predicted molar refractivity (Wildman–Crippen MR) is 255 cm³/mol. The molecular formula is C49H82N6O15. The van der Waals surface area contributed by atoms with Crippen molar-refractivity contribution in [2.45, 2.75) is 184 Å². The molecule has 1 aromatic carbocycles. The second-order valence-corrected chi connectivity index (χ2v) is 21.2. The highest BCUT2D eigenvalue weighted by Crippen LogP contribution is 2.45. The Morgan fingerprint density at radius 3 is 2.30 bits per heavy atom. The van der Waals surface area contributed by atoms with Crippen molar-refractivity contribution in [1.29, 1.82) is 0 Å². The lowest BCUT2D eigenvalue weighted by Gasteiger charge is -2.51. The number of ether oxygens (including phenoxy) is 5. The molecule has 3 aliphatic heterocycles. The van der Waals surface area contributed by atoms with Gasteiger partial charge in [-0.3, -0.25) is 14.9 Å². The summed E-state index contributed by atoms with van der Waals surface area (Å²) in [4.78, 5) is 29.0. The van der Waals surface area contributed by atoms with Crippen molar-refractivity contribution < 1.29 is 69.1 Å². The van der Waals surface area contributed by atoms with Gasteiger partial charge in [-0.25, -0.2) is 4.68 Å². The fourth-order valence-corrected chi connectivity index (χ4v) is 11.4. The van der Waals surface area contributed by atoms with Gasteiger partial charge in [-0.15, -0.1) is 5.10 Å². The number of hydrogen-bond donors (Lipinski definition) is 7. The van der Waals surface area contributed by atoms with Crippen LogP contribution in [0.4, 0.5) is 5.69 Å². The lowest BCUT2D eigenvalue weighted by Crippen LogP contribution is -2.61. The fraction of sp³-hybridized carbons (Fsp3) is 0.816. The highest BCUT2D eigenvalue weighted by molar-refractivity contribution is 5.73. The summed E-state index contributed by atoms with van der Waals surface area (Å²) in [7, 11) is 5.18. The number of aliphatic hydroxyl groups is 7. The Morgan fingerprint density at radius 1 is 1.04 bits per heavy atom. The van der Waals surface area contributed by atoms with E-state index in [0.29, 0.717) is 37.2 Å². The van der Waals surface area contributed by atoms with Crippen LogP contribution in [0, 0.1) is 33.8 Å². The van der Waals surface area contributed by atoms with Gasteiger partial charge in [0.25, 0.3) is 5.69 Å². The van der Waals surface area contributed by atoms with Crippen LogP contribution in [0.5, 0.6) is 0 Å². The Labute approximate surface area is 412 Å². The van der Waals surface area contributed by atoms with Crippen molar-refractivity contribution in [3.05, 3.63) is 51.8 Å². The van der Waals surface area contributed by atoms with Gasteiger partial charge < -0.3 is 69.2 Å². The van der Waals surface area contributed by atoms with E-state index in [0.717, 1.165) is 0 Å². The molecule has 3 saturated heterocycles. The summed E-state index contributed by atoms with van der Waals surface area (Å²) in [5, 5.41) is 101. The zero-order valence-electron chi connectivity index (χ0n) is 43.1. The SMILES string of the molecule is CC[C@H]1OC(=O)[C@H](C)[C@@H](C2C[C@@](C)(OC)[C@@H](O)[C@H](C)O2)[C@H](C)[C@@H](O[C@@H]2OCC[C@H](N(C)CCc3cn([C@H](CO)[C@H](O)c4ccc([N+](=O)[O-])cc4)nn3)[C@H]2O)[C@](C)(O)C[C@@H](C)CN(C)[C@H](C)[C@@H](O)[C@]1(C)O. The first-order valence-electron chi connectivity index (χ1n) is 24.7. The van der Waals surface area contributed by atoms with Crippen LogP contribution in [0.2, 0.25) is 0 Å². The second kappa shape index (κ2) is 23.7. The minimum absolute atomic E-state index is 0.133. The molecule has 0 saturated carbocycles. The Morgan fingerprint density at radius 2 is 1.70 bits per heavy atom. The van der Waals surface area contributed by atoms with Crippen molar-refractivity contribution in [2.24, 2.45) is 23.7 Å². The first-order chi connectivity index (χ1) is 32.7. The van der Waals surface area contributed by atoms with Crippen LogP contribution in [0.3, 0.4) is 0 Å². The number of rotatable bonds is 14. The number of cyclic esters (lactones) is 1. The molecule has 1 unspecified atom stereocenters. The van der Waals surface area contributed by atoms with Crippen LogP contribution in [0.15, 0.2) is 30.5 Å². The lowest BCUT2D eigenvalue weighted by molar-refractivity contribution is -0.384. The summed E-state index contributed by atoms with van der Waals surface area (Å²) in [5.41, 5.74) is -3.78. The second-order valence-electron chi connectivity index (χ2n) is 21.2. The number of benzene rings is 1. The summed E-state index contributed by atoms with van der Waals surface area (Å²) in [6.07, 6.45) is -6.72. The molecule has 0 radical (unpaired) electrons. The van der Waals surface area contributed by atoms with Gasteiger partial charge in [0.15, 0.2) is 6.29 Å². The first-order valence-corrected chi connectivity index (χ1v) is 24.7. The van der Waals surface area contributed by atoms with E-state index in [4.69, 9.17) is 23.7 Å². The van der Waals surface area contributed by atoms with Gasteiger partial charge in [0.1, 0.15) is 42.2 Å². The predicted octanol–water partition coefficient (Wildman–Crippen LogP) is 2.17. The molecule has 0 amide bonds. The number of esters is 1. The van der Waals surface area contributed by atoms with E-state index < -0.39 is 125 Å². The molecule has 5 rings (SSSR count). The molecule has 3 aliphatic rings. The van der Waals surface area contributed by atoms with Crippen molar-refractivity contribution in [2.75, 3.05) is 47.5 Å². The molecule has 21 heteroatoms. The van der Waals surface area contributed by atoms with E-state index in [1.54, 1.807) is 47.7 Å². The van der Waals surface area contributed by atoms with Gasteiger partial charge in [-0.2, -0.15) is 0 Å². The molecule has 398 valence electrons. The molecule has 0 spiro atoms. The van der Waals surface area contributed by atoms with Crippen molar-refractivity contribution >= 4 is 11.7 Å². The Kier molecular flexibility index (Phi) is 19.5.